The third kappa shape index (κ3) is 6.96. The van der Waals surface area contributed by atoms with Crippen molar-refractivity contribution in [3.63, 3.8) is 0 Å². The summed E-state index contributed by atoms with van der Waals surface area (Å²) < 4.78 is 0. The van der Waals surface area contributed by atoms with Gasteiger partial charge in [0.25, 0.3) is 0 Å². The highest BCUT2D eigenvalue weighted by atomic mass is 16.4. The van der Waals surface area contributed by atoms with Crippen LogP contribution in [0.5, 0.6) is 0 Å². The molecule has 0 bridgehead atoms. The molecule has 20 heavy (non-hydrogen) atoms. The SMILES string of the molecule is CCCN(CC(=O)NC)C(=O)N(CC(=O)O)CC(C)C. The van der Waals surface area contributed by atoms with Gasteiger partial charge in [-0.15, -0.1) is 0 Å². The summed E-state index contributed by atoms with van der Waals surface area (Å²) in [5.41, 5.74) is 0. The van der Waals surface area contributed by atoms with Gasteiger partial charge in [-0.2, -0.15) is 0 Å². The fourth-order valence-electron chi connectivity index (χ4n) is 1.78. The first-order valence-electron chi connectivity index (χ1n) is 6.78. The highest BCUT2D eigenvalue weighted by Crippen LogP contribution is 2.05. The van der Waals surface area contributed by atoms with Crippen molar-refractivity contribution in [2.75, 3.05) is 33.2 Å². The summed E-state index contributed by atoms with van der Waals surface area (Å²) in [6.07, 6.45) is 0.700. The maximum atomic E-state index is 12.4. The number of carboxylic acids is 1. The molecule has 0 heterocycles. The molecular formula is C13H25N3O4. The summed E-state index contributed by atoms with van der Waals surface area (Å²) >= 11 is 0. The molecule has 0 spiro atoms. The molecule has 7 heteroatoms. The molecule has 0 atom stereocenters. The number of likely N-dealkylation sites (N-methyl/N-ethyl adjacent to an activating group) is 1. The van der Waals surface area contributed by atoms with Crippen molar-refractivity contribution in [1.82, 2.24) is 15.1 Å². The van der Waals surface area contributed by atoms with Crippen molar-refractivity contribution in [2.45, 2.75) is 27.2 Å². The highest BCUT2D eigenvalue weighted by molar-refractivity contribution is 5.85. The van der Waals surface area contributed by atoms with Crippen LogP contribution in [0.3, 0.4) is 0 Å². The monoisotopic (exact) mass is 287 g/mol. The summed E-state index contributed by atoms with van der Waals surface area (Å²) in [7, 11) is 1.50. The van der Waals surface area contributed by atoms with Gasteiger partial charge in [-0.05, 0) is 12.3 Å². The van der Waals surface area contributed by atoms with Crippen LogP contribution in [0, 0.1) is 5.92 Å². The molecule has 0 aromatic carbocycles. The predicted molar refractivity (Wildman–Crippen MR) is 75.4 cm³/mol. The zero-order valence-corrected chi connectivity index (χ0v) is 12.7. The standard InChI is InChI=1S/C13H25N3O4/c1-5-6-15(8-11(17)14-4)13(20)16(7-10(2)3)9-12(18)19/h10H,5-9H2,1-4H3,(H,14,17)(H,18,19). The number of aliphatic carboxylic acids is 1. The van der Waals surface area contributed by atoms with Crippen LogP contribution in [0.1, 0.15) is 27.2 Å². The van der Waals surface area contributed by atoms with E-state index in [9.17, 15) is 14.4 Å². The van der Waals surface area contributed by atoms with Crippen LogP contribution >= 0.6 is 0 Å². The first-order chi connectivity index (χ1) is 9.31. The second-order valence-electron chi connectivity index (χ2n) is 5.05. The number of carbonyl (C=O) groups is 3. The van der Waals surface area contributed by atoms with E-state index in [0.717, 1.165) is 0 Å². The minimum Gasteiger partial charge on any atom is -0.480 e. The molecule has 0 saturated heterocycles. The van der Waals surface area contributed by atoms with Crippen molar-refractivity contribution < 1.29 is 19.5 Å². The van der Waals surface area contributed by atoms with Crippen LogP contribution in [-0.4, -0.2) is 66.0 Å². The number of hydrogen-bond acceptors (Lipinski definition) is 3. The van der Waals surface area contributed by atoms with E-state index in [1.165, 1.54) is 16.8 Å². The molecule has 0 aliphatic heterocycles. The summed E-state index contributed by atoms with van der Waals surface area (Å²) in [6, 6.07) is -0.411. The average molecular weight is 287 g/mol. The summed E-state index contributed by atoms with van der Waals surface area (Å²) in [5.74, 6) is -1.18. The normalized spacial score (nSPS) is 10.2. The number of urea groups is 1. The Labute approximate surface area is 119 Å². The second kappa shape index (κ2) is 9.17. The zero-order valence-electron chi connectivity index (χ0n) is 12.7. The molecule has 0 rings (SSSR count). The van der Waals surface area contributed by atoms with Gasteiger partial charge in [0.15, 0.2) is 0 Å². The van der Waals surface area contributed by atoms with Crippen molar-refractivity contribution in [1.29, 1.82) is 0 Å². The molecule has 7 nitrogen and oxygen atoms in total. The first-order valence-corrected chi connectivity index (χ1v) is 6.78. The van der Waals surface area contributed by atoms with E-state index in [4.69, 9.17) is 5.11 Å². The largest absolute Gasteiger partial charge is 0.480 e. The lowest BCUT2D eigenvalue weighted by atomic mass is 10.2. The van der Waals surface area contributed by atoms with E-state index in [-0.39, 0.29) is 24.9 Å². The minimum atomic E-state index is -1.06. The summed E-state index contributed by atoms with van der Waals surface area (Å²) in [4.78, 5) is 37.3. The topological polar surface area (TPSA) is 90.0 Å². The number of hydrogen-bond donors (Lipinski definition) is 2. The lowest BCUT2D eigenvalue weighted by Crippen LogP contribution is -2.49. The number of rotatable bonds is 8. The molecule has 0 unspecified atom stereocenters. The number of carbonyl (C=O) groups excluding carboxylic acids is 2. The third-order valence-corrected chi connectivity index (χ3v) is 2.56. The van der Waals surface area contributed by atoms with Gasteiger partial charge >= 0.3 is 12.0 Å². The van der Waals surface area contributed by atoms with E-state index >= 15 is 0 Å². The van der Waals surface area contributed by atoms with Gasteiger partial charge in [0.05, 0.1) is 0 Å². The van der Waals surface area contributed by atoms with Gasteiger partial charge in [-0.3, -0.25) is 9.59 Å². The van der Waals surface area contributed by atoms with Gasteiger partial charge in [0.1, 0.15) is 13.1 Å². The Kier molecular flexibility index (Phi) is 8.35. The van der Waals surface area contributed by atoms with Crippen molar-refractivity contribution in [3.8, 4) is 0 Å². The molecule has 0 aromatic heterocycles. The van der Waals surface area contributed by atoms with E-state index in [1.54, 1.807) is 0 Å². The molecule has 2 N–H and O–H groups in total. The fraction of sp³-hybridized carbons (Fsp3) is 0.769. The molecule has 0 saturated carbocycles. The van der Waals surface area contributed by atoms with Crippen LogP contribution in [0.15, 0.2) is 0 Å². The maximum absolute atomic E-state index is 12.4. The Morgan fingerprint density at radius 2 is 1.75 bits per heavy atom. The van der Waals surface area contributed by atoms with Gasteiger partial charge < -0.3 is 20.2 Å². The minimum absolute atomic E-state index is 0.0581. The molecule has 3 amide bonds. The molecule has 0 aliphatic rings. The van der Waals surface area contributed by atoms with Crippen LogP contribution in [0.2, 0.25) is 0 Å². The van der Waals surface area contributed by atoms with E-state index in [0.29, 0.717) is 19.5 Å². The third-order valence-electron chi connectivity index (χ3n) is 2.56. The fourth-order valence-corrected chi connectivity index (χ4v) is 1.78. The maximum Gasteiger partial charge on any atom is 0.323 e. The number of amides is 3. The smallest absolute Gasteiger partial charge is 0.323 e. The Morgan fingerprint density at radius 3 is 2.15 bits per heavy atom. The number of nitrogens with one attached hydrogen (secondary N) is 1. The summed E-state index contributed by atoms with van der Waals surface area (Å²) in [6.45, 7) is 6.06. The van der Waals surface area contributed by atoms with E-state index < -0.39 is 12.0 Å². The molecule has 0 fully saturated rings. The van der Waals surface area contributed by atoms with Crippen LogP contribution in [0.4, 0.5) is 4.79 Å². The molecule has 0 radical (unpaired) electrons. The lowest BCUT2D eigenvalue weighted by Gasteiger charge is -2.30. The molecule has 116 valence electrons. The summed E-state index contributed by atoms with van der Waals surface area (Å²) in [5, 5.41) is 11.4. The van der Waals surface area contributed by atoms with E-state index in [2.05, 4.69) is 5.32 Å². The van der Waals surface area contributed by atoms with Gasteiger partial charge in [-0.1, -0.05) is 20.8 Å². The first kappa shape index (κ1) is 18.2. The van der Waals surface area contributed by atoms with E-state index in [1.807, 2.05) is 20.8 Å². The average Bonchev–Trinajstić information content (AvgIpc) is 2.35. The Balaban J connectivity index is 4.92. The highest BCUT2D eigenvalue weighted by Gasteiger charge is 2.24. The van der Waals surface area contributed by atoms with Crippen molar-refractivity contribution in [3.05, 3.63) is 0 Å². The Bertz CT molecular complexity index is 345. The number of nitrogens with zero attached hydrogens (tertiary/aromatic N) is 2. The van der Waals surface area contributed by atoms with Gasteiger partial charge in [0, 0.05) is 20.1 Å². The van der Waals surface area contributed by atoms with Crippen LogP contribution < -0.4 is 5.32 Å². The zero-order chi connectivity index (χ0) is 15.7. The Morgan fingerprint density at radius 1 is 1.15 bits per heavy atom. The number of carboxylic acid groups (broad SMARTS) is 1. The van der Waals surface area contributed by atoms with Crippen LogP contribution in [-0.2, 0) is 9.59 Å². The quantitative estimate of drug-likeness (QED) is 0.684. The predicted octanol–water partition coefficient (Wildman–Crippen LogP) is 0.607. The van der Waals surface area contributed by atoms with Crippen molar-refractivity contribution >= 4 is 17.9 Å². The van der Waals surface area contributed by atoms with Crippen molar-refractivity contribution in [2.24, 2.45) is 5.92 Å². The van der Waals surface area contributed by atoms with Gasteiger partial charge in [0.2, 0.25) is 5.91 Å². The lowest BCUT2D eigenvalue weighted by molar-refractivity contribution is -0.137. The molecule has 0 aliphatic carbocycles. The Hall–Kier alpha value is -1.79. The van der Waals surface area contributed by atoms with Gasteiger partial charge in [-0.25, -0.2) is 4.79 Å². The molecule has 0 aromatic rings. The molecular weight excluding hydrogens is 262 g/mol. The van der Waals surface area contributed by atoms with Crippen LogP contribution in [0.25, 0.3) is 0 Å². The second-order valence-corrected chi connectivity index (χ2v) is 5.05.